The molecule has 1 aromatic carbocycles. The molecule has 3 heterocycles. The van der Waals surface area contributed by atoms with E-state index in [1.807, 2.05) is 18.2 Å². The van der Waals surface area contributed by atoms with Crippen LogP contribution in [-0.2, 0) is 0 Å². The molecule has 0 unspecified atom stereocenters. The van der Waals surface area contributed by atoms with Gasteiger partial charge in [-0.05, 0) is 65.5 Å². The first-order valence-electron chi connectivity index (χ1n) is 12.0. The molecule has 1 aliphatic carbocycles. The highest BCUT2D eigenvalue weighted by molar-refractivity contribution is 5.61. The van der Waals surface area contributed by atoms with Crippen molar-refractivity contribution in [1.29, 1.82) is 0 Å². The second-order valence-electron chi connectivity index (χ2n) is 11.0. The van der Waals surface area contributed by atoms with Gasteiger partial charge in [0.15, 0.2) is 23.1 Å². The van der Waals surface area contributed by atoms with Gasteiger partial charge in [0.2, 0.25) is 5.95 Å². The van der Waals surface area contributed by atoms with Crippen LogP contribution in [-0.4, -0.2) is 32.9 Å². The van der Waals surface area contributed by atoms with E-state index in [4.69, 9.17) is 9.47 Å². The van der Waals surface area contributed by atoms with Crippen LogP contribution in [0.4, 0.5) is 21.8 Å². The third kappa shape index (κ3) is 4.86. The first-order chi connectivity index (χ1) is 15.6. The highest BCUT2D eigenvalue weighted by Crippen LogP contribution is 2.46. The van der Waals surface area contributed by atoms with Gasteiger partial charge in [-0.1, -0.05) is 6.42 Å². The Morgan fingerprint density at radius 3 is 2.42 bits per heavy atom. The summed E-state index contributed by atoms with van der Waals surface area (Å²) in [5.74, 6) is 1.06. The van der Waals surface area contributed by atoms with Crippen LogP contribution in [0.2, 0.25) is 0 Å². The molecular formula is C25H34FN5O2. The molecule has 1 aromatic heterocycles. The average Bonchev–Trinajstić information content (AvgIpc) is 3.05. The lowest BCUT2D eigenvalue weighted by atomic mass is 9.79. The minimum atomic E-state index is -0.515. The molecule has 33 heavy (non-hydrogen) atoms. The van der Waals surface area contributed by atoms with E-state index in [9.17, 15) is 4.39 Å². The van der Waals surface area contributed by atoms with Crippen molar-refractivity contribution in [2.24, 2.45) is 0 Å². The summed E-state index contributed by atoms with van der Waals surface area (Å²) in [6.45, 7) is 8.68. The monoisotopic (exact) mass is 455 g/mol. The second kappa shape index (κ2) is 8.01. The highest BCUT2D eigenvalue weighted by atomic mass is 19.1. The Morgan fingerprint density at radius 1 is 1.00 bits per heavy atom. The summed E-state index contributed by atoms with van der Waals surface area (Å²) in [6, 6.07) is 5.81. The third-order valence-electron chi connectivity index (χ3n) is 6.68. The van der Waals surface area contributed by atoms with Crippen LogP contribution in [0, 0.1) is 5.82 Å². The molecule has 178 valence electrons. The summed E-state index contributed by atoms with van der Waals surface area (Å²) in [7, 11) is 0. The van der Waals surface area contributed by atoms with E-state index in [-0.39, 0.29) is 22.9 Å². The van der Waals surface area contributed by atoms with Crippen LogP contribution >= 0.6 is 0 Å². The van der Waals surface area contributed by atoms with E-state index in [2.05, 4.69) is 53.6 Å². The molecule has 1 saturated heterocycles. The van der Waals surface area contributed by atoms with Gasteiger partial charge in [-0.2, -0.15) is 4.98 Å². The number of aromatic nitrogens is 2. The fourth-order valence-corrected chi connectivity index (χ4v) is 5.74. The number of anilines is 3. The molecule has 2 fully saturated rings. The molecule has 0 amide bonds. The van der Waals surface area contributed by atoms with Crippen molar-refractivity contribution in [1.82, 2.24) is 15.3 Å². The number of hydrogen-bond donors (Lipinski definition) is 3. The van der Waals surface area contributed by atoms with Crippen molar-refractivity contribution in [3.05, 3.63) is 30.2 Å². The lowest BCUT2D eigenvalue weighted by Crippen LogP contribution is -2.60. The van der Waals surface area contributed by atoms with Gasteiger partial charge < -0.3 is 25.4 Å². The van der Waals surface area contributed by atoms with Crippen molar-refractivity contribution in [2.45, 2.75) is 95.5 Å². The van der Waals surface area contributed by atoms with Crippen molar-refractivity contribution in [2.75, 3.05) is 10.6 Å². The molecule has 5 rings (SSSR count). The summed E-state index contributed by atoms with van der Waals surface area (Å²) in [5, 5.41) is 10.1. The van der Waals surface area contributed by atoms with E-state index < -0.39 is 11.6 Å². The third-order valence-corrected chi connectivity index (χ3v) is 6.68. The maximum Gasteiger partial charge on any atom is 0.251 e. The van der Waals surface area contributed by atoms with Gasteiger partial charge in [-0.15, -0.1) is 0 Å². The SMILES string of the molecule is CC1(C)CC(Nc2nc(Nc3ccc4c(c3)OC3(CCCCC3)O4)ncc2F)CC(C)(C)N1. The fraction of sp³-hybridized carbons (Fsp3) is 0.600. The largest absolute Gasteiger partial charge is 0.448 e. The molecule has 1 spiro atoms. The number of hydrogen-bond acceptors (Lipinski definition) is 7. The number of nitrogens with zero attached hydrogens (tertiary/aromatic N) is 2. The van der Waals surface area contributed by atoms with Gasteiger partial charge in [0.05, 0.1) is 6.20 Å². The van der Waals surface area contributed by atoms with Crippen LogP contribution in [0.5, 0.6) is 11.5 Å². The van der Waals surface area contributed by atoms with Gasteiger partial charge >= 0.3 is 0 Å². The second-order valence-corrected chi connectivity index (χ2v) is 11.0. The summed E-state index contributed by atoms with van der Waals surface area (Å²) >= 11 is 0. The molecule has 0 radical (unpaired) electrons. The fourth-order valence-electron chi connectivity index (χ4n) is 5.74. The van der Waals surface area contributed by atoms with Crippen molar-refractivity contribution in [3.63, 3.8) is 0 Å². The average molecular weight is 456 g/mol. The van der Waals surface area contributed by atoms with E-state index >= 15 is 0 Å². The predicted octanol–water partition coefficient (Wildman–Crippen LogP) is 5.51. The molecule has 2 aromatic rings. The maximum absolute atomic E-state index is 14.6. The Balaban J connectivity index is 1.30. The first-order valence-corrected chi connectivity index (χ1v) is 12.0. The molecule has 2 aliphatic heterocycles. The molecule has 3 N–H and O–H groups in total. The van der Waals surface area contributed by atoms with Gasteiger partial charge in [-0.25, -0.2) is 9.37 Å². The molecule has 3 aliphatic rings. The Hall–Kier alpha value is -2.61. The number of halogens is 1. The van der Waals surface area contributed by atoms with E-state index in [1.54, 1.807) is 0 Å². The minimum Gasteiger partial charge on any atom is -0.448 e. The topological polar surface area (TPSA) is 80.3 Å². The number of piperidine rings is 1. The molecule has 8 heteroatoms. The Bertz CT molecular complexity index is 1020. The molecule has 1 saturated carbocycles. The number of rotatable bonds is 4. The number of nitrogens with one attached hydrogen (secondary N) is 3. The Morgan fingerprint density at radius 2 is 1.70 bits per heavy atom. The highest BCUT2D eigenvalue weighted by Gasteiger charge is 2.42. The van der Waals surface area contributed by atoms with Crippen LogP contribution < -0.4 is 25.4 Å². The summed E-state index contributed by atoms with van der Waals surface area (Å²) < 4.78 is 26.9. The lowest BCUT2D eigenvalue weighted by Gasteiger charge is -2.46. The van der Waals surface area contributed by atoms with Crippen molar-refractivity contribution in [3.8, 4) is 11.5 Å². The standard InChI is InChI=1S/C25H34FN5O2/c1-23(2)13-17(14-24(3,4)31-23)28-21-18(26)15-27-22(30-21)29-16-8-9-19-20(12-16)33-25(32-19)10-6-5-7-11-25/h8-9,12,15,17,31H,5-7,10-11,13-14H2,1-4H3,(H2,27,28,29,30). The van der Waals surface area contributed by atoms with Crippen molar-refractivity contribution >= 4 is 17.5 Å². The van der Waals surface area contributed by atoms with Crippen LogP contribution in [0.1, 0.15) is 72.6 Å². The smallest absolute Gasteiger partial charge is 0.251 e. The van der Waals surface area contributed by atoms with E-state index in [0.29, 0.717) is 5.95 Å². The van der Waals surface area contributed by atoms with Gasteiger partial charge in [0, 0.05) is 41.7 Å². The van der Waals surface area contributed by atoms with E-state index in [1.165, 1.54) is 12.6 Å². The lowest BCUT2D eigenvalue weighted by molar-refractivity contribution is -0.105. The zero-order valence-corrected chi connectivity index (χ0v) is 19.9. The van der Waals surface area contributed by atoms with Crippen LogP contribution in [0.3, 0.4) is 0 Å². The minimum absolute atomic E-state index is 0.0494. The molecule has 7 nitrogen and oxygen atoms in total. The van der Waals surface area contributed by atoms with Crippen LogP contribution in [0.15, 0.2) is 24.4 Å². The zero-order chi connectivity index (χ0) is 23.3. The summed E-state index contributed by atoms with van der Waals surface area (Å²) in [5.41, 5.74) is 0.671. The zero-order valence-electron chi connectivity index (χ0n) is 19.9. The number of fused-ring (bicyclic) bond motifs is 1. The Kier molecular flexibility index (Phi) is 5.39. The number of ether oxygens (including phenoxy) is 2. The first kappa shape index (κ1) is 22.2. The van der Waals surface area contributed by atoms with Gasteiger partial charge in [0.1, 0.15) is 0 Å². The molecule has 0 bridgehead atoms. The maximum atomic E-state index is 14.6. The summed E-state index contributed by atoms with van der Waals surface area (Å²) in [6.07, 6.45) is 8.21. The van der Waals surface area contributed by atoms with Gasteiger partial charge in [-0.3, -0.25) is 0 Å². The molecule has 0 atom stereocenters. The molecular weight excluding hydrogens is 421 g/mol. The van der Waals surface area contributed by atoms with Crippen molar-refractivity contribution < 1.29 is 13.9 Å². The predicted molar refractivity (Wildman–Crippen MR) is 127 cm³/mol. The van der Waals surface area contributed by atoms with Crippen LogP contribution in [0.25, 0.3) is 0 Å². The van der Waals surface area contributed by atoms with Gasteiger partial charge in [0.25, 0.3) is 5.79 Å². The number of benzene rings is 1. The summed E-state index contributed by atoms with van der Waals surface area (Å²) in [4.78, 5) is 8.57. The quantitative estimate of drug-likeness (QED) is 0.561. The van der Waals surface area contributed by atoms with E-state index in [0.717, 1.165) is 55.7 Å². The Labute approximate surface area is 194 Å². The normalized spacial score (nSPS) is 22.8.